The highest BCUT2D eigenvalue weighted by Gasteiger charge is 2.28. The van der Waals surface area contributed by atoms with E-state index < -0.39 is 10.0 Å². The highest BCUT2D eigenvalue weighted by molar-refractivity contribution is 7.89. The Labute approximate surface area is 105 Å². The molecule has 1 aromatic rings. The van der Waals surface area contributed by atoms with E-state index in [0.29, 0.717) is 19.4 Å². The summed E-state index contributed by atoms with van der Waals surface area (Å²) in [5, 5.41) is 5.95. The topological polar surface area (TPSA) is 121 Å². The minimum Gasteiger partial charge on any atom is -0.383 e. The first-order chi connectivity index (χ1) is 8.40. The predicted molar refractivity (Wildman–Crippen MR) is 64.0 cm³/mol. The molecule has 1 fully saturated rings. The second-order valence-electron chi connectivity index (χ2n) is 4.28. The van der Waals surface area contributed by atoms with Crippen molar-refractivity contribution in [1.29, 1.82) is 0 Å². The lowest BCUT2D eigenvalue weighted by Crippen LogP contribution is -2.48. The van der Waals surface area contributed by atoms with Crippen molar-refractivity contribution in [2.24, 2.45) is 0 Å². The lowest BCUT2D eigenvalue weighted by molar-refractivity contribution is -0.132. The van der Waals surface area contributed by atoms with E-state index >= 15 is 0 Å². The standard InChI is InChI=1S/C9H15N5O3S/c1-14-5-6(2-3-8(14)15)13-18(16,17)7-4-11-12-9(7)10/h4,6,13H,2-3,5H2,1H3,(H3,10,11,12). The van der Waals surface area contributed by atoms with E-state index in [1.54, 1.807) is 7.05 Å². The summed E-state index contributed by atoms with van der Waals surface area (Å²) in [7, 11) is -2.05. The van der Waals surface area contributed by atoms with E-state index in [2.05, 4.69) is 14.9 Å². The fraction of sp³-hybridized carbons (Fsp3) is 0.556. The van der Waals surface area contributed by atoms with Gasteiger partial charge < -0.3 is 10.6 Å². The van der Waals surface area contributed by atoms with Crippen LogP contribution in [0.15, 0.2) is 11.1 Å². The molecule has 2 rings (SSSR count). The quantitative estimate of drug-likeness (QED) is 0.645. The van der Waals surface area contributed by atoms with Crippen LogP contribution in [0.3, 0.4) is 0 Å². The van der Waals surface area contributed by atoms with E-state index in [9.17, 15) is 13.2 Å². The maximum Gasteiger partial charge on any atom is 0.246 e. The number of likely N-dealkylation sites (N-methyl/N-ethyl adjacent to an activating group) is 1. The summed E-state index contributed by atoms with van der Waals surface area (Å²) in [5.74, 6) is 0.0241. The smallest absolute Gasteiger partial charge is 0.246 e. The summed E-state index contributed by atoms with van der Waals surface area (Å²) in [6.45, 7) is 0.357. The van der Waals surface area contributed by atoms with Gasteiger partial charge in [-0.05, 0) is 6.42 Å². The highest BCUT2D eigenvalue weighted by Crippen LogP contribution is 2.17. The van der Waals surface area contributed by atoms with Gasteiger partial charge in [-0.3, -0.25) is 9.89 Å². The van der Waals surface area contributed by atoms with Crippen molar-refractivity contribution in [2.45, 2.75) is 23.8 Å². The fourth-order valence-corrected chi connectivity index (χ4v) is 3.18. The molecule has 0 bridgehead atoms. The Bertz CT molecular complexity index is 552. The molecule has 9 heteroatoms. The number of nitrogens with two attached hydrogens (primary N) is 1. The summed E-state index contributed by atoms with van der Waals surface area (Å²) in [6.07, 6.45) is 1.99. The molecule has 0 saturated carbocycles. The Morgan fingerprint density at radius 1 is 1.61 bits per heavy atom. The Kier molecular flexibility index (Phi) is 3.26. The molecule has 1 atom stereocenters. The molecule has 1 saturated heterocycles. The summed E-state index contributed by atoms with van der Waals surface area (Å²) < 4.78 is 26.6. The number of carbonyl (C=O) groups is 1. The first-order valence-electron chi connectivity index (χ1n) is 5.45. The van der Waals surface area contributed by atoms with Gasteiger partial charge in [0.2, 0.25) is 15.9 Å². The van der Waals surface area contributed by atoms with Gasteiger partial charge in [-0.1, -0.05) is 0 Å². The fourth-order valence-electron chi connectivity index (χ4n) is 1.89. The summed E-state index contributed by atoms with van der Waals surface area (Å²) in [4.78, 5) is 12.7. The Morgan fingerprint density at radius 2 is 2.33 bits per heavy atom. The third-order valence-electron chi connectivity index (χ3n) is 2.87. The van der Waals surface area contributed by atoms with Crippen LogP contribution in [0.1, 0.15) is 12.8 Å². The predicted octanol–water partition coefficient (Wildman–Crippen LogP) is -1.11. The van der Waals surface area contributed by atoms with Crippen molar-refractivity contribution in [3.63, 3.8) is 0 Å². The van der Waals surface area contributed by atoms with Crippen LogP contribution >= 0.6 is 0 Å². The molecule has 18 heavy (non-hydrogen) atoms. The molecule has 0 aliphatic carbocycles. The van der Waals surface area contributed by atoms with Crippen molar-refractivity contribution in [2.75, 3.05) is 19.3 Å². The number of nitrogen functional groups attached to an aromatic ring is 1. The normalized spacial score (nSPS) is 21.3. The van der Waals surface area contributed by atoms with Gasteiger partial charge in [-0.2, -0.15) is 5.10 Å². The van der Waals surface area contributed by atoms with E-state index in [1.165, 1.54) is 4.90 Å². The first-order valence-corrected chi connectivity index (χ1v) is 6.93. The molecule has 1 unspecified atom stereocenters. The number of likely N-dealkylation sites (tertiary alicyclic amines) is 1. The van der Waals surface area contributed by atoms with Gasteiger partial charge in [0, 0.05) is 26.1 Å². The zero-order chi connectivity index (χ0) is 13.3. The van der Waals surface area contributed by atoms with Crippen LogP contribution in [0.5, 0.6) is 0 Å². The largest absolute Gasteiger partial charge is 0.383 e. The number of hydrogen-bond acceptors (Lipinski definition) is 5. The zero-order valence-electron chi connectivity index (χ0n) is 9.88. The van der Waals surface area contributed by atoms with Crippen LogP contribution < -0.4 is 10.5 Å². The molecular weight excluding hydrogens is 258 g/mol. The van der Waals surface area contributed by atoms with E-state index in [1.807, 2.05) is 0 Å². The molecule has 100 valence electrons. The molecule has 0 aromatic carbocycles. The van der Waals surface area contributed by atoms with E-state index in [0.717, 1.165) is 6.20 Å². The lowest BCUT2D eigenvalue weighted by Gasteiger charge is -2.29. The molecule has 1 aliphatic heterocycles. The number of piperidine rings is 1. The molecular formula is C9H15N5O3S. The van der Waals surface area contributed by atoms with Crippen molar-refractivity contribution in [3.8, 4) is 0 Å². The van der Waals surface area contributed by atoms with Gasteiger partial charge in [-0.25, -0.2) is 13.1 Å². The monoisotopic (exact) mass is 273 g/mol. The number of H-pyrrole nitrogens is 1. The number of sulfonamides is 1. The van der Waals surface area contributed by atoms with E-state index in [-0.39, 0.29) is 22.7 Å². The second-order valence-corrected chi connectivity index (χ2v) is 5.96. The third kappa shape index (κ3) is 2.46. The average molecular weight is 273 g/mol. The van der Waals surface area contributed by atoms with Crippen LogP contribution in [-0.2, 0) is 14.8 Å². The SMILES string of the molecule is CN1CC(NS(=O)(=O)c2cn[nH]c2N)CCC1=O. The number of nitrogens with zero attached hydrogens (tertiary/aromatic N) is 2. The molecule has 1 aromatic heterocycles. The van der Waals surface area contributed by atoms with Crippen LogP contribution in [0.4, 0.5) is 5.82 Å². The van der Waals surface area contributed by atoms with E-state index in [4.69, 9.17) is 5.73 Å². The van der Waals surface area contributed by atoms with Gasteiger partial charge in [0.15, 0.2) is 0 Å². The number of anilines is 1. The molecule has 0 radical (unpaired) electrons. The van der Waals surface area contributed by atoms with Gasteiger partial charge >= 0.3 is 0 Å². The van der Waals surface area contributed by atoms with Crippen molar-refractivity contribution in [1.82, 2.24) is 19.8 Å². The van der Waals surface area contributed by atoms with Crippen molar-refractivity contribution < 1.29 is 13.2 Å². The summed E-state index contributed by atoms with van der Waals surface area (Å²) in [5.41, 5.74) is 5.48. The summed E-state index contributed by atoms with van der Waals surface area (Å²) >= 11 is 0. The Morgan fingerprint density at radius 3 is 2.89 bits per heavy atom. The van der Waals surface area contributed by atoms with Crippen LogP contribution in [-0.4, -0.2) is 49.1 Å². The third-order valence-corrected chi connectivity index (χ3v) is 4.42. The molecule has 2 heterocycles. The van der Waals surface area contributed by atoms with Gasteiger partial charge in [-0.15, -0.1) is 0 Å². The van der Waals surface area contributed by atoms with Crippen LogP contribution in [0, 0.1) is 0 Å². The van der Waals surface area contributed by atoms with Crippen molar-refractivity contribution in [3.05, 3.63) is 6.20 Å². The van der Waals surface area contributed by atoms with Gasteiger partial charge in [0.05, 0.1) is 6.20 Å². The maximum absolute atomic E-state index is 12.0. The van der Waals surface area contributed by atoms with Crippen molar-refractivity contribution >= 4 is 21.7 Å². The summed E-state index contributed by atoms with van der Waals surface area (Å²) in [6, 6.07) is -0.299. The number of aromatic amines is 1. The number of rotatable bonds is 3. The van der Waals surface area contributed by atoms with Crippen LogP contribution in [0.2, 0.25) is 0 Å². The maximum atomic E-state index is 12.0. The van der Waals surface area contributed by atoms with Crippen LogP contribution in [0.25, 0.3) is 0 Å². The first kappa shape index (κ1) is 12.8. The minimum absolute atomic E-state index is 0.00254. The molecule has 1 amide bonds. The highest BCUT2D eigenvalue weighted by atomic mass is 32.2. The number of hydrogen-bond donors (Lipinski definition) is 3. The Balaban J connectivity index is 2.10. The number of nitrogens with one attached hydrogen (secondary N) is 2. The zero-order valence-corrected chi connectivity index (χ0v) is 10.7. The lowest BCUT2D eigenvalue weighted by atomic mass is 10.1. The molecule has 0 spiro atoms. The number of amides is 1. The molecule has 4 N–H and O–H groups in total. The molecule has 1 aliphatic rings. The number of aromatic nitrogens is 2. The molecule has 8 nitrogen and oxygen atoms in total. The van der Waals surface area contributed by atoms with Gasteiger partial charge in [0.1, 0.15) is 10.7 Å². The minimum atomic E-state index is -3.69. The van der Waals surface area contributed by atoms with Gasteiger partial charge in [0.25, 0.3) is 0 Å². The average Bonchev–Trinajstić information content (AvgIpc) is 2.70. The second kappa shape index (κ2) is 4.58. The Hall–Kier alpha value is -1.61. The number of carbonyl (C=O) groups excluding carboxylic acids is 1.